The van der Waals surface area contributed by atoms with Crippen molar-refractivity contribution in [1.82, 2.24) is 0 Å². The largest absolute Gasteiger partial charge is 0.481 e. The van der Waals surface area contributed by atoms with E-state index in [1.165, 1.54) is 19.3 Å². The van der Waals surface area contributed by atoms with Crippen LogP contribution in [0.25, 0.3) is 0 Å². The van der Waals surface area contributed by atoms with Crippen molar-refractivity contribution in [1.29, 1.82) is 0 Å². The smallest absolute Gasteiger partial charge is 0.306 e. The summed E-state index contributed by atoms with van der Waals surface area (Å²) < 4.78 is 0.492. The summed E-state index contributed by atoms with van der Waals surface area (Å²) in [6.07, 6.45) is 13.2. The van der Waals surface area contributed by atoms with Crippen LogP contribution in [0.15, 0.2) is 12.2 Å². The zero-order valence-electron chi connectivity index (χ0n) is 17.4. The third kappa shape index (κ3) is 15.4. The van der Waals surface area contributed by atoms with Crippen molar-refractivity contribution in [2.24, 2.45) is 0 Å². The van der Waals surface area contributed by atoms with Crippen molar-refractivity contribution in [3.8, 4) is 0 Å². The first-order valence-electron chi connectivity index (χ1n) is 10.2. The standard InChI is InChI=1S/C21H41NO4/c1-5-6-7-8-9-10-11-12-13-14-19(23)15-16-21(26,17-20(24)25)18-22(2,3)4/h8-9,19,23,26H,5-7,10-18H2,1-4H3/p+1/b9-8-. The SMILES string of the molecule is CCCC/C=C\CCCCCC(O)CCC(O)(CC(=O)O)C[N+](C)(C)C. The fraction of sp³-hybridized carbons (Fsp3) is 0.857. The average Bonchev–Trinajstić information content (AvgIpc) is 2.49. The highest BCUT2D eigenvalue weighted by Crippen LogP contribution is 2.23. The van der Waals surface area contributed by atoms with Gasteiger partial charge in [-0.15, -0.1) is 0 Å². The Bertz CT molecular complexity index is 403. The maximum Gasteiger partial charge on any atom is 0.306 e. The third-order valence-corrected chi connectivity index (χ3v) is 4.49. The van der Waals surface area contributed by atoms with Crippen LogP contribution in [0.3, 0.4) is 0 Å². The minimum absolute atomic E-state index is 0.278. The Morgan fingerprint density at radius 2 is 1.65 bits per heavy atom. The van der Waals surface area contributed by atoms with Gasteiger partial charge in [-0.05, 0) is 38.5 Å². The van der Waals surface area contributed by atoms with Gasteiger partial charge < -0.3 is 19.8 Å². The van der Waals surface area contributed by atoms with Gasteiger partial charge in [0.05, 0.1) is 33.7 Å². The molecule has 0 aromatic rings. The number of carboxylic acids is 1. The fourth-order valence-electron chi connectivity index (χ4n) is 3.34. The topological polar surface area (TPSA) is 77.8 Å². The summed E-state index contributed by atoms with van der Waals surface area (Å²) in [6.45, 7) is 2.56. The summed E-state index contributed by atoms with van der Waals surface area (Å²) in [5, 5.41) is 29.9. The molecule has 154 valence electrons. The van der Waals surface area contributed by atoms with Crippen molar-refractivity contribution < 1.29 is 24.6 Å². The van der Waals surface area contributed by atoms with Crippen LogP contribution in [-0.2, 0) is 4.79 Å². The molecule has 0 aliphatic carbocycles. The van der Waals surface area contributed by atoms with Gasteiger partial charge in [0.2, 0.25) is 0 Å². The molecule has 0 aliphatic rings. The lowest BCUT2D eigenvalue weighted by Gasteiger charge is -2.35. The molecular formula is C21H42NO4+. The van der Waals surface area contributed by atoms with Crippen molar-refractivity contribution in [2.45, 2.75) is 89.3 Å². The molecule has 0 amide bonds. The third-order valence-electron chi connectivity index (χ3n) is 4.49. The van der Waals surface area contributed by atoms with Crippen LogP contribution in [0.1, 0.15) is 77.6 Å². The first kappa shape index (κ1) is 25.1. The first-order chi connectivity index (χ1) is 12.1. The van der Waals surface area contributed by atoms with Crippen LogP contribution >= 0.6 is 0 Å². The van der Waals surface area contributed by atoms with Gasteiger partial charge in [-0.3, -0.25) is 4.79 Å². The number of unbranched alkanes of at least 4 members (excludes halogenated alkanes) is 5. The molecule has 26 heavy (non-hydrogen) atoms. The predicted octanol–water partition coefficient (Wildman–Crippen LogP) is 3.74. The van der Waals surface area contributed by atoms with Gasteiger partial charge >= 0.3 is 5.97 Å². The molecule has 5 heteroatoms. The summed E-state index contributed by atoms with van der Waals surface area (Å²) in [4.78, 5) is 11.1. The molecule has 0 spiro atoms. The molecule has 0 heterocycles. The van der Waals surface area contributed by atoms with E-state index in [1.54, 1.807) is 0 Å². The lowest BCUT2D eigenvalue weighted by molar-refractivity contribution is -0.877. The number of hydrogen-bond donors (Lipinski definition) is 3. The molecule has 0 aromatic carbocycles. The van der Waals surface area contributed by atoms with Crippen molar-refractivity contribution >= 4 is 5.97 Å². The molecule has 0 saturated heterocycles. The van der Waals surface area contributed by atoms with Gasteiger partial charge in [0.15, 0.2) is 0 Å². The lowest BCUT2D eigenvalue weighted by Crippen LogP contribution is -2.50. The molecule has 5 nitrogen and oxygen atoms in total. The Labute approximate surface area is 160 Å². The van der Waals surface area contributed by atoms with Crippen molar-refractivity contribution in [3.05, 3.63) is 12.2 Å². The van der Waals surface area contributed by atoms with Crippen LogP contribution in [0.2, 0.25) is 0 Å². The van der Waals surface area contributed by atoms with Gasteiger partial charge in [0.1, 0.15) is 12.1 Å². The number of hydrogen-bond acceptors (Lipinski definition) is 3. The van der Waals surface area contributed by atoms with E-state index in [1.807, 2.05) is 21.1 Å². The summed E-state index contributed by atoms with van der Waals surface area (Å²) in [5.41, 5.74) is -1.27. The normalized spacial score (nSPS) is 15.9. The lowest BCUT2D eigenvalue weighted by atomic mass is 9.90. The second-order valence-electron chi connectivity index (χ2n) is 8.69. The van der Waals surface area contributed by atoms with E-state index in [0.717, 1.165) is 25.7 Å². The van der Waals surface area contributed by atoms with Crippen LogP contribution < -0.4 is 0 Å². The highest BCUT2D eigenvalue weighted by molar-refractivity contribution is 5.68. The number of allylic oxidation sites excluding steroid dienone is 2. The van der Waals surface area contributed by atoms with E-state index in [0.29, 0.717) is 30.3 Å². The zero-order valence-corrected chi connectivity index (χ0v) is 17.4. The van der Waals surface area contributed by atoms with E-state index in [-0.39, 0.29) is 6.42 Å². The quantitative estimate of drug-likeness (QED) is 0.219. The van der Waals surface area contributed by atoms with Crippen molar-refractivity contribution in [3.63, 3.8) is 0 Å². The molecule has 0 aliphatic heterocycles. The molecule has 3 N–H and O–H groups in total. The van der Waals surface area contributed by atoms with Crippen LogP contribution in [-0.4, -0.2) is 65.2 Å². The van der Waals surface area contributed by atoms with Crippen molar-refractivity contribution in [2.75, 3.05) is 27.7 Å². The Morgan fingerprint density at radius 1 is 1.04 bits per heavy atom. The van der Waals surface area contributed by atoms with Crippen LogP contribution in [0.5, 0.6) is 0 Å². The second kappa shape index (κ2) is 13.3. The number of carbonyl (C=O) groups is 1. The number of carboxylic acid groups (broad SMARTS) is 1. The van der Waals surface area contributed by atoms with Gasteiger partial charge in [-0.2, -0.15) is 0 Å². The predicted molar refractivity (Wildman–Crippen MR) is 107 cm³/mol. The average molecular weight is 373 g/mol. The number of nitrogens with zero attached hydrogens (tertiary/aromatic N) is 1. The Morgan fingerprint density at radius 3 is 2.19 bits per heavy atom. The second-order valence-corrected chi connectivity index (χ2v) is 8.69. The fourth-order valence-corrected chi connectivity index (χ4v) is 3.34. The van der Waals surface area contributed by atoms with Gasteiger partial charge in [0, 0.05) is 0 Å². The minimum Gasteiger partial charge on any atom is -0.481 e. The summed E-state index contributed by atoms with van der Waals surface area (Å²) in [7, 11) is 5.79. The molecule has 2 atom stereocenters. The van der Waals surface area contributed by atoms with Gasteiger partial charge in [0.25, 0.3) is 0 Å². The molecule has 0 aromatic heterocycles. The summed E-state index contributed by atoms with van der Waals surface area (Å²) in [6, 6.07) is 0. The molecular weight excluding hydrogens is 330 g/mol. The van der Waals surface area contributed by atoms with E-state index in [2.05, 4.69) is 19.1 Å². The molecule has 0 rings (SSSR count). The maximum atomic E-state index is 11.1. The number of rotatable bonds is 16. The van der Waals surface area contributed by atoms with Gasteiger partial charge in [-0.25, -0.2) is 0 Å². The number of aliphatic carboxylic acids is 1. The molecule has 0 bridgehead atoms. The first-order valence-corrected chi connectivity index (χ1v) is 10.2. The molecule has 0 saturated carbocycles. The highest BCUT2D eigenvalue weighted by atomic mass is 16.4. The molecule has 2 unspecified atom stereocenters. The van der Waals surface area contributed by atoms with E-state index in [9.17, 15) is 15.0 Å². The highest BCUT2D eigenvalue weighted by Gasteiger charge is 2.36. The number of aliphatic hydroxyl groups is 2. The zero-order chi connectivity index (χ0) is 20.1. The maximum absolute atomic E-state index is 11.1. The Kier molecular flexibility index (Phi) is 12.8. The minimum atomic E-state index is -1.27. The summed E-state index contributed by atoms with van der Waals surface area (Å²) >= 11 is 0. The number of aliphatic hydroxyl groups excluding tert-OH is 1. The van der Waals surface area contributed by atoms with Crippen LogP contribution in [0, 0.1) is 0 Å². The Hall–Kier alpha value is -0.910. The molecule has 0 fully saturated rings. The summed E-state index contributed by atoms with van der Waals surface area (Å²) in [5.74, 6) is -0.998. The Balaban J connectivity index is 4.03. The van der Waals surface area contributed by atoms with E-state index >= 15 is 0 Å². The number of likely N-dealkylation sites (N-methyl/N-ethyl adjacent to an activating group) is 1. The monoisotopic (exact) mass is 372 g/mol. The number of quaternary nitrogens is 1. The van der Waals surface area contributed by atoms with Crippen LogP contribution in [0.4, 0.5) is 0 Å². The van der Waals surface area contributed by atoms with E-state index < -0.39 is 17.7 Å². The van der Waals surface area contributed by atoms with Gasteiger partial charge in [-0.1, -0.05) is 44.8 Å². The molecule has 0 radical (unpaired) electrons. The van der Waals surface area contributed by atoms with E-state index in [4.69, 9.17) is 5.11 Å².